The van der Waals surface area contributed by atoms with Gasteiger partial charge in [0.15, 0.2) is 0 Å². The van der Waals surface area contributed by atoms with E-state index in [0.29, 0.717) is 36.5 Å². The molecule has 0 bridgehead atoms. The number of rotatable bonds is 6. The lowest BCUT2D eigenvalue weighted by atomic mass is 10.0. The van der Waals surface area contributed by atoms with Crippen LogP contribution in [-0.4, -0.2) is 39.6 Å². The average Bonchev–Trinajstić information content (AvgIpc) is 3.40. The maximum absolute atomic E-state index is 12.2. The van der Waals surface area contributed by atoms with Gasteiger partial charge in [0.2, 0.25) is 5.91 Å². The summed E-state index contributed by atoms with van der Waals surface area (Å²) in [4.78, 5) is 25.9. The number of nitrogens with two attached hydrogens (primary N) is 2. The molecule has 1 saturated heterocycles. The number of carbonyl (C=O) groups is 2. The largest absolute Gasteiger partial charge is 0.457 e. The highest BCUT2D eigenvalue weighted by Crippen LogP contribution is 2.34. The summed E-state index contributed by atoms with van der Waals surface area (Å²) in [6.45, 7) is 6.46. The highest BCUT2D eigenvalue weighted by atomic mass is 16.5. The minimum absolute atomic E-state index is 0.141. The molecule has 1 aliphatic rings. The molecule has 4 N–H and O–H groups in total. The van der Waals surface area contributed by atoms with Gasteiger partial charge < -0.3 is 21.1 Å². The monoisotopic (exact) mass is 431 g/mol. The third-order valence-corrected chi connectivity index (χ3v) is 5.61. The minimum Gasteiger partial charge on any atom is -0.457 e. The first-order valence-electron chi connectivity index (χ1n) is 10.3. The smallest absolute Gasteiger partial charge is 0.254 e. The van der Waals surface area contributed by atoms with Gasteiger partial charge in [0, 0.05) is 18.7 Å². The molecule has 2 aromatic carbocycles. The van der Waals surface area contributed by atoms with Crippen LogP contribution in [0.4, 0.5) is 5.82 Å². The Kier molecular flexibility index (Phi) is 5.68. The van der Waals surface area contributed by atoms with E-state index in [1.54, 1.807) is 9.58 Å². The molecule has 2 heterocycles. The van der Waals surface area contributed by atoms with Gasteiger partial charge in [-0.05, 0) is 55.3 Å². The van der Waals surface area contributed by atoms with Crippen LogP contribution in [-0.2, 0) is 4.79 Å². The van der Waals surface area contributed by atoms with Gasteiger partial charge in [-0.15, -0.1) is 0 Å². The summed E-state index contributed by atoms with van der Waals surface area (Å²) in [5, 5.41) is 4.64. The lowest BCUT2D eigenvalue weighted by Crippen LogP contribution is -2.27. The zero-order valence-electron chi connectivity index (χ0n) is 17.8. The molecule has 4 rings (SSSR count). The van der Waals surface area contributed by atoms with Gasteiger partial charge in [0.1, 0.15) is 28.6 Å². The van der Waals surface area contributed by atoms with Crippen molar-refractivity contribution in [3.63, 3.8) is 0 Å². The van der Waals surface area contributed by atoms with Crippen molar-refractivity contribution in [2.45, 2.75) is 19.4 Å². The number of aromatic nitrogens is 2. The van der Waals surface area contributed by atoms with Crippen LogP contribution in [0.25, 0.3) is 11.3 Å². The van der Waals surface area contributed by atoms with Gasteiger partial charge in [-0.2, -0.15) is 5.10 Å². The minimum atomic E-state index is -0.650. The molecule has 2 amide bonds. The predicted octanol–water partition coefficient (Wildman–Crippen LogP) is 3.29. The molecule has 1 fully saturated rings. The Morgan fingerprint density at radius 1 is 1.22 bits per heavy atom. The van der Waals surface area contributed by atoms with Crippen molar-refractivity contribution in [1.82, 2.24) is 14.7 Å². The number of primary amides is 1. The molecule has 1 aliphatic heterocycles. The summed E-state index contributed by atoms with van der Waals surface area (Å²) < 4.78 is 7.55. The Hall–Kier alpha value is -4.07. The summed E-state index contributed by atoms with van der Waals surface area (Å²) in [7, 11) is 0. The van der Waals surface area contributed by atoms with Crippen molar-refractivity contribution >= 4 is 17.6 Å². The first-order valence-corrected chi connectivity index (χ1v) is 10.3. The van der Waals surface area contributed by atoms with Gasteiger partial charge in [-0.3, -0.25) is 9.59 Å². The van der Waals surface area contributed by atoms with E-state index in [0.717, 1.165) is 11.3 Å². The summed E-state index contributed by atoms with van der Waals surface area (Å²) in [6.07, 6.45) is 1.96. The van der Waals surface area contributed by atoms with Crippen LogP contribution in [0.5, 0.6) is 11.5 Å². The lowest BCUT2D eigenvalue weighted by molar-refractivity contribution is -0.125. The SMILES string of the molecule is C=CC(=O)N1CC[C@@H](n2nc(-c3ccc(Oc4ccccc4)c(C)c3)c(C(N)=O)c2N)C1. The summed E-state index contributed by atoms with van der Waals surface area (Å²) in [5.41, 5.74) is 14.1. The molecule has 1 aromatic heterocycles. The molecule has 32 heavy (non-hydrogen) atoms. The number of para-hydroxylation sites is 1. The first kappa shape index (κ1) is 21.2. The first-order chi connectivity index (χ1) is 15.4. The molecule has 8 nitrogen and oxygen atoms in total. The molecule has 0 saturated carbocycles. The van der Waals surface area contributed by atoms with Crippen LogP contribution < -0.4 is 16.2 Å². The molecule has 3 aromatic rings. The molecule has 0 spiro atoms. The second-order valence-electron chi connectivity index (χ2n) is 7.74. The van der Waals surface area contributed by atoms with Gasteiger partial charge >= 0.3 is 0 Å². The summed E-state index contributed by atoms with van der Waals surface area (Å²) >= 11 is 0. The zero-order valence-corrected chi connectivity index (χ0v) is 17.8. The highest BCUT2D eigenvalue weighted by Gasteiger charge is 2.31. The van der Waals surface area contributed by atoms with E-state index in [2.05, 4.69) is 11.7 Å². The number of nitrogens with zero attached hydrogens (tertiary/aromatic N) is 3. The quantitative estimate of drug-likeness (QED) is 0.581. The molecular weight excluding hydrogens is 406 g/mol. The van der Waals surface area contributed by atoms with E-state index in [4.69, 9.17) is 16.2 Å². The van der Waals surface area contributed by atoms with Crippen molar-refractivity contribution in [3.05, 3.63) is 72.3 Å². The Balaban J connectivity index is 1.67. The van der Waals surface area contributed by atoms with Crippen LogP contribution in [0.3, 0.4) is 0 Å². The fourth-order valence-corrected chi connectivity index (χ4v) is 3.97. The average molecular weight is 431 g/mol. The van der Waals surface area contributed by atoms with E-state index in [1.165, 1.54) is 6.08 Å². The van der Waals surface area contributed by atoms with Crippen LogP contribution >= 0.6 is 0 Å². The van der Waals surface area contributed by atoms with Crippen LogP contribution in [0.2, 0.25) is 0 Å². The number of nitrogen functional groups attached to an aromatic ring is 1. The van der Waals surface area contributed by atoms with Crippen LogP contribution in [0.15, 0.2) is 61.2 Å². The standard InChI is InChI=1S/C24H25N5O3/c1-3-20(30)28-12-11-17(14-28)29-23(25)21(24(26)31)22(27-29)16-9-10-19(15(2)13-16)32-18-7-5-4-6-8-18/h3-10,13,17H,1,11-12,14,25H2,2H3,(H2,26,31)/t17-/m1/s1. The van der Waals surface area contributed by atoms with E-state index in [9.17, 15) is 9.59 Å². The van der Waals surface area contributed by atoms with Crippen molar-refractivity contribution in [2.24, 2.45) is 5.73 Å². The summed E-state index contributed by atoms with van der Waals surface area (Å²) in [5.74, 6) is 0.839. The van der Waals surface area contributed by atoms with Gasteiger partial charge in [0.25, 0.3) is 5.91 Å². The Morgan fingerprint density at radius 3 is 2.62 bits per heavy atom. The van der Waals surface area contributed by atoms with E-state index < -0.39 is 5.91 Å². The lowest BCUT2D eigenvalue weighted by Gasteiger charge is -2.15. The third-order valence-electron chi connectivity index (χ3n) is 5.61. The molecule has 0 aliphatic carbocycles. The van der Waals surface area contributed by atoms with Gasteiger partial charge in [0.05, 0.1) is 6.04 Å². The number of hydrogen-bond acceptors (Lipinski definition) is 5. The molecule has 164 valence electrons. The van der Waals surface area contributed by atoms with E-state index >= 15 is 0 Å². The second-order valence-corrected chi connectivity index (χ2v) is 7.74. The Bertz CT molecular complexity index is 1190. The van der Waals surface area contributed by atoms with Crippen molar-refractivity contribution < 1.29 is 14.3 Å². The predicted molar refractivity (Wildman–Crippen MR) is 122 cm³/mol. The normalized spacial score (nSPS) is 15.5. The zero-order chi connectivity index (χ0) is 22.8. The number of likely N-dealkylation sites (tertiary alicyclic amines) is 1. The number of ether oxygens (including phenoxy) is 1. The number of amides is 2. The topological polar surface area (TPSA) is 116 Å². The number of benzene rings is 2. The fraction of sp³-hybridized carbons (Fsp3) is 0.208. The van der Waals surface area contributed by atoms with E-state index in [-0.39, 0.29) is 23.3 Å². The molecule has 0 unspecified atom stereocenters. The summed E-state index contributed by atoms with van der Waals surface area (Å²) in [6, 6.07) is 14.9. The molecule has 0 radical (unpaired) electrons. The Labute approximate surface area is 186 Å². The Morgan fingerprint density at radius 2 is 1.97 bits per heavy atom. The van der Waals surface area contributed by atoms with Crippen LogP contribution in [0, 0.1) is 6.92 Å². The maximum atomic E-state index is 12.2. The maximum Gasteiger partial charge on any atom is 0.254 e. The van der Waals surface area contributed by atoms with Crippen molar-refractivity contribution in [1.29, 1.82) is 0 Å². The molecule has 8 heteroatoms. The van der Waals surface area contributed by atoms with Crippen molar-refractivity contribution in [2.75, 3.05) is 18.8 Å². The second kappa shape index (κ2) is 8.58. The van der Waals surface area contributed by atoms with Crippen molar-refractivity contribution in [3.8, 4) is 22.8 Å². The number of hydrogen-bond donors (Lipinski definition) is 2. The number of carbonyl (C=O) groups excluding carboxylic acids is 2. The fourth-order valence-electron chi connectivity index (χ4n) is 3.97. The van der Waals surface area contributed by atoms with Gasteiger partial charge in [-0.25, -0.2) is 4.68 Å². The van der Waals surface area contributed by atoms with E-state index in [1.807, 2.05) is 55.5 Å². The third kappa shape index (κ3) is 3.94. The van der Waals surface area contributed by atoms with Gasteiger partial charge in [-0.1, -0.05) is 24.8 Å². The highest BCUT2D eigenvalue weighted by molar-refractivity contribution is 6.03. The number of anilines is 1. The number of aryl methyl sites for hydroxylation is 1. The van der Waals surface area contributed by atoms with Crippen LogP contribution in [0.1, 0.15) is 28.4 Å². The molecule has 1 atom stereocenters. The molecular formula is C24H25N5O3.